The summed E-state index contributed by atoms with van der Waals surface area (Å²) in [6.45, 7) is 6.80. The number of carbonyl (C=O) groups is 1. The molecule has 4 rings (SSSR count). The third-order valence-corrected chi connectivity index (χ3v) is 6.94. The molecule has 5 nitrogen and oxygen atoms in total. The van der Waals surface area contributed by atoms with Gasteiger partial charge in [-0.3, -0.25) is 0 Å². The number of nitrogens with one attached hydrogen (secondary N) is 1. The molecule has 1 saturated carbocycles. The molecular formula is C26H28F3N3O2S. The maximum absolute atomic E-state index is 12.7. The summed E-state index contributed by atoms with van der Waals surface area (Å²) >= 11 is -0.143. The molecule has 2 aromatic carbocycles. The average Bonchev–Trinajstić information content (AvgIpc) is 3.08. The molecule has 1 heterocycles. The smallest absolute Gasteiger partial charge is 0.446 e. The highest BCUT2D eigenvalue weighted by Gasteiger charge is 2.34. The monoisotopic (exact) mass is 503 g/mol. The van der Waals surface area contributed by atoms with Crippen molar-refractivity contribution in [3.05, 3.63) is 54.1 Å². The Morgan fingerprint density at radius 1 is 1.20 bits per heavy atom. The van der Waals surface area contributed by atoms with Crippen molar-refractivity contribution in [2.75, 3.05) is 5.32 Å². The van der Waals surface area contributed by atoms with Gasteiger partial charge in [0, 0.05) is 22.7 Å². The summed E-state index contributed by atoms with van der Waals surface area (Å²) in [4.78, 5) is 15.8. The average molecular weight is 504 g/mol. The largest absolute Gasteiger partial charge is 0.478 e. The van der Waals surface area contributed by atoms with Crippen LogP contribution in [0.1, 0.15) is 51.6 Å². The van der Waals surface area contributed by atoms with Crippen LogP contribution < -0.4 is 5.32 Å². The van der Waals surface area contributed by atoms with E-state index in [9.17, 15) is 18.0 Å². The molecule has 0 radical (unpaired) electrons. The molecule has 0 spiro atoms. The number of carboxylic acids is 1. The third-order valence-electron chi connectivity index (χ3n) is 6.20. The highest BCUT2D eigenvalue weighted by atomic mass is 32.2. The highest BCUT2D eigenvalue weighted by Crippen LogP contribution is 2.46. The van der Waals surface area contributed by atoms with E-state index in [0.29, 0.717) is 17.6 Å². The van der Waals surface area contributed by atoms with Gasteiger partial charge in [-0.05, 0) is 90.4 Å². The summed E-state index contributed by atoms with van der Waals surface area (Å²) in [5.74, 6) is 0.125. The number of thioether (sulfide) groups is 1. The van der Waals surface area contributed by atoms with Gasteiger partial charge in [0.2, 0.25) is 5.95 Å². The number of halogens is 3. The van der Waals surface area contributed by atoms with Crippen molar-refractivity contribution >= 4 is 46.5 Å². The van der Waals surface area contributed by atoms with Gasteiger partial charge >= 0.3 is 11.5 Å². The van der Waals surface area contributed by atoms with Gasteiger partial charge < -0.3 is 15.0 Å². The van der Waals surface area contributed by atoms with Crippen LogP contribution in [0.25, 0.3) is 17.1 Å². The van der Waals surface area contributed by atoms with Crippen molar-refractivity contribution in [1.82, 2.24) is 9.55 Å². The molecular weight excluding hydrogens is 475 g/mol. The van der Waals surface area contributed by atoms with E-state index < -0.39 is 11.5 Å². The highest BCUT2D eigenvalue weighted by molar-refractivity contribution is 8.00. The molecule has 1 fully saturated rings. The predicted molar refractivity (Wildman–Crippen MR) is 134 cm³/mol. The lowest BCUT2D eigenvalue weighted by atomic mass is 9.70. The van der Waals surface area contributed by atoms with E-state index in [1.807, 2.05) is 18.2 Å². The molecule has 0 saturated heterocycles. The van der Waals surface area contributed by atoms with Crippen molar-refractivity contribution in [2.45, 2.75) is 56.5 Å². The molecule has 1 aliphatic carbocycles. The molecule has 2 atom stereocenters. The molecule has 0 amide bonds. The van der Waals surface area contributed by atoms with Gasteiger partial charge in [-0.2, -0.15) is 13.2 Å². The van der Waals surface area contributed by atoms with Gasteiger partial charge in [0.15, 0.2) is 0 Å². The van der Waals surface area contributed by atoms with E-state index in [-0.39, 0.29) is 28.1 Å². The molecule has 0 bridgehead atoms. The van der Waals surface area contributed by atoms with Crippen LogP contribution in [-0.2, 0) is 4.79 Å². The Balaban J connectivity index is 1.73. The SMILES string of the molecule is C[C@H]1CC(n2c(Nc3ccc(SC(F)(F)F)cc3)nc3cc(/C=C/C(=O)O)ccc32)CC(C)(C)C1. The minimum atomic E-state index is -4.33. The van der Waals surface area contributed by atoms with Crippen LogP contribution in [0.15, 0.2) is 53.4 Å². The third kappa shape index (κ3) is 6.39. The first-order valence-electron chi connectivity index (χ1n) is 11.4. The second-order valence-corrected chi connectivity index (χ2v) is 11.1. The van der Waals surface area contributed by atoms with Crippen LogP contribution >= 0.6 is 11.8 Å². The second-order valence-electron chi connectivity index (χ2n) is 9.99. The van der Waals surface area contributed by atoms with Crippen LogP contribution in [0.2, 0.25) is 0 Å². The summed E-state index contributed by atoms with van der Waals surface area (Å²) < 4.78 is 40.3. The fourth-order valence-corrected chi connectivity index (χ4v) is 5.75. The number of carboxylic acid groups (broad SMARTS) is 1. The van der Waals surface area contributed by atoms with Crippen molar-refractivity contribution in [3.63, 3.8) is 0 Å². The van der Waals surface area contributed by atoms with Crippen LogP contribution in [-0.4, -0.2) is 26.1 Å². The maximum Gasteiger partial charge on any atom is 0.446 e. The Morgan fingerprint density at radius 2 is 1.91 bits per heavy atom. The number of hydrogen-bond donors (Lipinski definition) is 2. The van der Waals surface area contributed by atoms with E-state index in [4.69, 9.17) is 10.1 Å². The quantitative estimate of drug-likeness (QED) is 0.265. The summed E-state index contributed by atoms with van der Waals surface area (Å²) in [5, 5.41) is 12.3. The Bertz CT molecular complexity index is 1250. The zero-order valence-corrected chi connectivity index (χ0v) is 20.6. The number of rotatable bonds is 6. The van der Waals surface area contributed by atoms with Gasteiger partial charge in [-0.15, -0.1) is 0 Å². The molecule has 186 valence electrons. The van der Waals surface area contributed by atoms with Crippen LogP contribution in [0.3, 0.4) is 0 Å². The number of alkyl halides is 3. The number of aromatic nitrogens is 2. The number of nitrogens with zero attached hydrogens (tertiary/aromatic N) is 2. The molecule has 1 aliphatic rings. The molecule has 35 heavy (non-hydrogen) atoms. The maximum atomic E-state index is 12.7. The number of imidazole rings is 1. The Morgan fingerprint density at radius 3 is 2.54 bits per heavy atom. The van der Waals surface area contributed by atoms with Crippen LogP contribution in [0.5, 0.6) is 0 Å². The lowest BCUT2D eigenvalue weighted by Crippen LogP contribution is -2.29. The van der Waals surface area contributed by atoms with E-state index >= 15 is 0 Å². The zero-order chi connectivity index (χ0) is 25.4. The molecule has 9 heteroatoms. The number of hydrogen-bond acceptors (Lipinski definition) is 4. The van der Waals surface area contributed by atoms with Gasteiger partial charge in [-0.1, -0.05) is 26.8 Å². The lowest BCUT2D eigenvalue weighted by molar-refractivity contribution is -0.131. The number of aliphatic carboxylic acids is 1. The van der Waals surface area contributed by atoms with Crippen LogP contribution in [0.4, 0.5) is 24.8 Å². The van der Waals surface area contributed by atoms with E-state index in [0.717, 1.165) is 41.9 Å². The number of fused-ring (bicyclic) bond motifs is 1. The first-order valence-corrected chi connectivity index (χ1v) is 12.3. The molecule has 1 aromatic heterocycles. The molecule has 2 N–H and O–H groups in total. The van der Waals surface area contributed by atoms with Gasteiger partial charge in [-0.25, -0.2) is 9.78 Å². The van der Waals surface area contributed by atoms with E-state index in [1.165, 1.54) is 18.2 Å². The van der Waals surface area contributed by atoms with Crippen molar-refractivity contribution < 1.29 is 23.1 Å². The van der Waals surface area contributed by atoms with Crippen LogP contribution in [0, 0.1) is 11.3 Å². The van der Waals surface area contributed by atoms with Crippen molar-refractivity contribution in [3.8, 4) is 0 Å². The summed E-state index contributed by atoms with van der Waals surface area (Å²) in [6, 6.07) is 12.0. The Labute approximate surface area is 206 Å². The van der Waals surface area contributed by atoms with Crippen molar-refractivity contribution in [1.29, 1.82) is 0 Å². The van der Waals surface area contributed by atoms with Gasteiger partial charge in [0.25, 0.3) is 0 Å². The molecule has 1 unspecified atom stereocenters. The summed E-state index contributed by atoms with van der Waals surface area (Å²) in [7, 11) is 0. The minimum absolute atomic E-state index is 0.120. The predicted octanol–water partition coefficient (Wildman–Crippen LogP) is 7.88. The lowest BCUT2D eigenvalue weighted by Gasteiger charge is -2.40. The fourth-order valence-electron chi connectivity index (χ4n) is 5.21. The van der Waals surface area contributed by atoms with Gasteiger partial charge in [0.05, 0.1) is 11.0 Å². The molecule has 0 aliphatic heterocycles. The number of benzene rings is 2. The first kappa shape index (κ1) is 25.2. The Kier molecular flexibility index (Phi) is 6.90. The second kappa shape index (κ2) is 9.60. The number of anilines is 2. The summed E-state index contributed by atoms with van der Waals surface area (Å²) in [5.41, 5.74) is -1.15. The Hall–Kier alpha value is -2.94. The summed E-state index contributed by atoms with van der Waals surface area (Å²) in [6.07, 6.45) is 5.71. The molecule has 3 aromatic rings. The fraction of sp³-hybridized carbons (Fsp3) is 0.385. The zero-order valence-electron chi connectivity index (χ0n) is 19.8. The van der Waals surface area contributed by atoms with E-state index in [2.05, 4.69) is 30.7 Å². The van der Waals surface area contributed by atoms with Gasteiger partial charge in [0.1, 0.15) is 0 Å². The van der Waals surface area contributed by atoms with Crippen molar-refractivity contribution in [2.24, 2.45) is 11.3 Å². The first-order chi connectivity index (χ1) is 16.4. The topological polar surface area (TPSA) is 67.2 Å². The van der Waals surface area contributed by atoms with E-state index in [1.54, 1.807) is 12.1 Å². The standard InChI is InChI=1S/C26H28F3N3O2S/c1-16-12-19(15-25(2,3)14-16)32-22-10-4-17(5-11-23(33)34)13-21(22)31-24(32)30-18-6-8-20(9-7-18)35-26(27,28)29/h4-11,13,16,19H,12,14-15H2,1-3H3,(H,30,31)(H,33,34)/b11-5+/t16-,19?/m0/s1. The normalized spacial score (nSPS) is 20.4. The minimum Gasteiger partial charge on any atom is -0.478 e.